The van der Waals surface area contributed by atoms with Crippen LogP contribution in [0.15, 0.2) is 67.3 Å². The molecule has 4 heteroatoms. The van der Waals surface area contributed by atoms with Gasteiger partial charge in [-0.1, -0.05) is 81.5 Å². The zero-order valence-electron chi connectivity index (χ0n) is 23.9. The van der Waals surface area contributed by atoms with E-state index in [4.69, 9.17) is 4.74 Å². The lowest BCUT2D eigenvalue weighted by Crippen LogP contribution is -2.13. The van der Waals surface area contributed by atoms with Gasteiger partial charge in [-0.05, 0) is 91.7 Å². The van der Waals surface area contributed by atoms with E-state index in [0.29, 0.717) is 29.2 Å². The second-order valence-electron chi connectivity index (χ2n) is 11.3. The first-order valence-electron chi connectivity index (χ1n) is 15.1. The highest BCUT2D eigenvalue weighted by Crippen LogP contribution is 2.39. The zero-order valence-corrected chi connectivity index (χ0v) is 23.9. The fourth-order valence-corrected chi connectivity index (χ4v) is 5.92. The molecule has 40 heavy (non-hydrogen) atoms. The molecular weight excluding hydrogens is 505 g/mol. The van der Waals surface area contributed by atoms with Crippen molar-refractivity contribution in [1.29, 1.82) is 0 Å². The van der Waals surface area contributed by atoms with Gasteiger partial charge in [0, 0.05) is 11.1 Å². The van der Waals surface area contributed by atoms with E-state index in [1.807, 2.05) is 18.2 Å². The Morgan fingerprint density at radius 2 is 1.43 bits per heavy atom. The van der Waals surface area contributed by atoms with E-state index in [-0.39, 0.29) is 17.1 Å². The average Bonchev–Trinajstić information content (AvgIpc) is 2.98. The van der Waals surface area contributed by atoms with Crippen LogP contribution in [0, 0.1) is 23.4 Å². The number of allylic oxidation sites excluding steroid dienone is 1. The molecule has 0 atom stereocenters. The van der Waals surface area contributed by atoms with Crippen LogP contribution >= 0.6 is 0 Å². The summed E-state index contributed by atoms with van der Waals surface area (Å²) in [4.78, 5) is 0. The molecule has 0 heterocycles. The summed E-state index contributed by atoms with van der Waals surface area (Å²) in [5.74, 6) is -1.04. The van der Waals surface area contributed by atoms with Crippen molar-refractivity contribution < 1.29 is 17.9 Å². The predicted molar refractivity (Wildman–Crippen MR) is 160 cm³/mol. The number of ether oxygens (including phenoxy) is 1. The molecule has 0 radical (unpaired) electrons. The second kappa shape index (κ2) is 15.1. The number of hydrogen-bond acceptors (Lipinski definition) is 1. The highest BCUT2D eigenvalue weighted by atomic mass is 19.2. The molecule has 3 aromatic carbocycles. The van der Waals surface area contributed by atoms with Gasteiger partial charge in [-0.15, -0.1) is 6.58 Å². The first-order valence-corrected chi connectivity index (χ1v) is 15.1. The number of benzene rings is 3. The topological polar surface area (TPSA) is 9.23 Å². The van der Waals surface area contributed by atoms with Crippen molar-refractivity contribution in [3.63, 3.8) is 0 Å². The molecule has 1 aliphatic rings. The van der Waals surface area contributed by atoms with E-state index in [9.17, 15) is 8.78 Å². The first kappa shape index (κ1) is 30.0. The molecule has 0 N–H and O–H groups in total. The maximum absolute atomic E-state index is 15.2. The minimum Gasteiger partial charge on any atom is -0.490 e. The molecule has 1 saturated carbocycles. The van der Waals surface area contributed by atoms with Gasteiger partial charge in [-0.25, -0.2) is 8.78 Å². The molecule has 0 unspecified atom stereocenters. The number of hydrogen-bond donors (Lipinski definition) is 0. The van der Waals surface area contributed by atoms with E-state index in [0.717, 1.165) is 50.0 Å². The van der Waals surface area contributed by atoms with E-state index in [2.05, 4.69) is 13.5 Å². The minimum atomic E-state index is -0.969. The van der Waals surface area contributed by atoms with Gasteiger partial charge in [0.25, 0.3) is 0 Å². The van der Waals surface area contributed by atoms with E-state index in [1.54, 1.807) is 36.4 Å². The summed E-state index contributed by atoms with van der Waals surface area (Å²) in [7, 11) is 0. The smallest absolute Gasteiger partial charge is 0.201 e. The third-order valence-corrected chi connectivity index (χ3v) is 8.40. The molecule has 0 bridgehead atoms. The van der Waals surface area contributed by atoms with Crippen molar-refractivity contribution in [3.05, 3.63) is 90.3 Å². The summed E-state index contributed by atoms with van der Waals surface area (Å²) >= 11 is 0. The van der Waals surface area contributed by atoms with Crippen LogP contribution in [-0.2, 0) is 0 Å². The molecule has 0 saturated heterocycles. The summed E-state index contributed by atoms with van der Waals surface area (Å²) in [6.45, 7) is 6.37. The van der Waals surface area contributed by atoms with Crippen molar-refractivity contribution >= 4 is 0 Å². The van der Waals surface area contributed by atoms with Crippen molar-refractivity contribution in [1.82, 2.24) is 0 Å². The molecule has 214 valence electrons. The van der Waals surface area contributed by atoms with Crippen LogP contribution in [0.25, 0.3) is 22.3 Å². The molecule has 1 fully saturated rings. The second-order valence-corrected chi connectivity index (χ2v) is 11.3. The summed E-state index contributed by atoms with van der Waals surface area (Å²) < 4.78 is 50.4. The summed E-state index contributed by atoms with van der Waals surface area (Å²) in [6, 6.07) is 15.5. The fourth-order valence-electron chi connectivity index (χ4n) is 5.92. The van der Waals surface area contributed by atoms with E-state index in [1.165, 1.54) is 44.6 Å². The average molecular weight is 549 g/mol. The Morgan fingerprint density at radius 3 is 2.10 bits per heavy atom. The Morgan fingerprint density at radius 1 is 0.775 bits per heavy atom. The molecule has 3 aromatic rings. The van der Waals surface area contributed by atoms with Gasteiger partial charge in [0.2, 0.25) is 5.82 Å². The van der Waals surface area contributed by atoms with Gasteiger partial charge in [0.05, 0.1) is 6.61 Å². The fraction of sp³-hybridized carbons (Fsp3) is 0.444. The van der Waals surface area contributed by atoms with Gasteiger partial charge in [-0.3, -0.25) is 0 Å². The van der Waals surface area contributed by atoms with Gasteiger partial charge in [0.1, 0.15) is 5.82 Å². The highest BCUT2D eigenvalue weighted by molar-refractivity contribution is 5.71. The molecule has 1 aliphatic carbocycles. The number of rotatable bonds is 14. The molecule has 0 aromatic heterocycles. The maximum Gasteiger partial charge on any atom is 0.201 e. The van der Waals surface area contributed by atoms with Crippen molar-refractivity contribution in [3.8, 4) is 28.0 Å². The van der Waals surface area contributed by atoms with Crippen LogP contribution in [0.1, 0.15) is 95.5 Å². The molecule has 0 aliphatic heterocycles. The van der Waals surface area contributed by atoms with Gasteiger partial charge >= 0.3 is 0 Å². The Kier molecular flexibility index (Phi) is 11.3. The van der Waals surface area contributed by atoms with E-state index < -0.39 is 11.6 Å². The summed E-state index contributed by atoms with van der Waals surface area (Å²) in [6.07, 6.45) is 15.4. The van der Waals surface area contributed by atoms with Crippen LogP contribution < -0.4 is 4.74 Å². The predicted octanol–water partition coefficient (Wildman–Crippen LogP) is 11.4. The Hall–Kier alpha value is -3.01. The Balaban J connectivity index is 1.37. The third-order valence-electron chi connectivity index (χ3n) is 8.40. The summed E-state index contributed by atoms with van der Waals surface area (Å²) in [5.41, 5.74) is 2.99. The van der Waals surface area contributed by atoms with Crippen LogP contribution in [0.5, 0.6) is 5.75 Å². The standard InChI is InChI=1S/C36H43F3O/c1-3-5-7-8-9-10-24-40-34-23-22-32(35(38)36(34)39)29-18-16-28(17-19-29)31-21-20-30(25-33(31)37)27-14-12-26(13-15-27)11-6-4-2/h4,16-23,25-27H,2-3,5-15,24H2,1H3. The molecule has 0 amide bonds. The molecule has 1 nitrogen and oxygen atoms in total. The molecule has 0 spiro atoms. The highest BCUT2D eigenvalue weighted by Gasteiger charge is 2.23. The number of unbranched alkanes of at least 4 members (excludes halogenated alkanes) is 5. The van der Waals surface area contributed by atoms with Crippen LogP contribution in [-0.4, -0.2) is 6.61 Å². The van der Waals surface area contributed by atoms with Gasteiger partial charge in [-0.2, -0.15) is 4.39 Å². The number of halogens is 3. The molecular formula is C36H43F3O. The lowest BCUT2D eigenvalue weighted by molar-refractivity contribution is 0.285. The monoisotopic (exact) mass is 548 g/mol. The SMILES string of the molecule is C=CCCC1CCC(c2ccc(-c3ccc(-c4ccc(OCCCCCCCC)c(F)c4F)cc3)c(F)c2)CC1. The zero-order chi connectivity index (χ0) is 28.3. The first-order chi connectivity index (χ1) is 19.5. The summed E-state index contributed by atoms with van der Waals surface area (Å²) in [5, 5.41) is 0. The third kappa shape index (κ3) is 7.80. The van der Waals surface area contributed by atoms with Crippen molar-refractivity contribution in [2.45, 2.75) is 89.9 Å². The van der Waals surface area contributed by atoms with Gasteiger partial charge < -0.3 is 4.74 Å². The van der Waals surface area contributed by atoms with E-state index >= 15 is 4.39 Å². The van der Waals surface area contributed by atoms with Crippen molar-refractivity contribution in [2.75, 3.05) is 6.61 Å². The largest absolute Gasteiger partial charge is 0.490 e. The van der Waals surface area contributed by atoms with Gasteiger partial charge in [0.15, 0.2) is 11.6 Å². The lowest BCUT2D eigenvalue weighted by Gasteiger charge is -2.28. The van der Waals surface area contributed by atoms with Crippen LogP contribution in [0.2, 0.25) is 0 Å². The lowest BCUT2D eigenvalue weighted by atomic mass is 9.77. The van der Waals surface area contributed by atoms with Crippen LogP contribution in [0.4, 0.5) is 13.2 Å². The maximum atomic E-state index is 15.2. The quantitative estimate of drug-likeness (QED) is 0.144. The molecule has 4 rings (SSSR count). The van der Waals surface area contributed by atoms with Crippen LogP contribution in [0.3, 0.4) is 0 Å². The Bertz CT molecular complexity index is 1230. The van der Waals surface area contributed by atoms with Crippen molar-refractivity contribution in [2.24, 2.45) is 5.92 Å². The Labute approximate surface area is 238 Å². The normalized spacial score (nSPS) is 17.1. The minimum absolute atomic E-state index is 0.0566.